The Hall–Kier alpha value is -1.06. The highest BCUT2D eigenvalue weighted by Gasteiger charge is 2.22. The maximum atomic E-state index is 6.08. The number of hydrogen-bond acceptors (Lipinski definition) is 3. The molecule has 0 aromatic heterocycles. The summed E-state index contributed by atoms with van der Waals surface area (Å²) < 4.78 is 10.6. The van der Waals surface area contributed by atoms with E-state index in [1.54, 1.807) is 7.11 Å². The van der Waals surface area contributed by atoms with Crippen LogP contribution in [0.25, 0.3) is 0 Å². The second kappa shape index (κ2) is 5.32. The normalized spacial score (nSPS) is 25.4. The summed E-state index contributed by atoms with van der Waals surface area (Å²) >= 11 is 0. The third-order valence-corrected chi connectivity index (χ3v) is 3.19. The molecule has 2 N–H and O–H groups in total. The first-order valence-corrected chi connectivity index (χ1v) is 5.76. The number of methoxy groups -OCH3 is 1. The zero-order valence-electron chi connectivity index (χ0n) is 9.69. The van der Waals surface area contributed by atoms with Gasteiger partial charge in [-0.2, -0.15) is 0 Å². The van der Waals surface area contributed by atoms with Crippen molar-refractivity contribution < 1.29 is 9.47 Å². The van der Waals surface area contributed by atoms with E-state index in [-0.39, 0.29) is 6.04 Å². The van der Waals surface area contributed by atoms with Crippen molar-refractivity contribution in [3.63, 3.8) is 0 Å². The van der Waals surface area contributed by atoms with Gasteiger partial charge in [0.25, 0.3) is 0 Å². The van der Waals surface area contributed by atoms with Crippen molar-refractivity contribution in [2.45, 2.75) is 18.9 Å². The maximum Gasteiger partial charge on any atom is 0.118 e. The Labute approximate surface area is 96.5 Å². The minimum Gasteiger partial charge on any atom is -0.497 e. The van der Waals surface area contributed by atoms with E-state index in [0.717, 1.165) is 31.8 Å². The summed E-state index contributed by atoms with van der Waals surface area (Å²) in [6.45, 7) is 1.59. The van der Waals surface area contributed by atoms with Gasteiger partial charge in [0.15, 0.2) is 0 Å². The largest absolute Gasteiger partial charge is 0.497 e. The van der Waals surface area contributed by atoms with Gasteiger partial charge in [-0.3, -0.25) is 0 Å². The van der Waals surface area contributed by atoms with Crippen LogP contribution in [0.4, 0.5) is 0 Å². The Morgan fingerprint density at radius 1 is 1.38 bits per heavy atom. The van der Waals surface area contributed by atoms with Crippen molar-refractivity contribution in [1.29, 1.82) is 0 Å². The van der Waals surface area contributed by atoms with E-state index in [1.165, 1.54) is 5.56 Å². The molecule has 3 heteroatoms. The molecule has 1 aromatic carbocycles. The fraction of sp³-hybridized carbons (Fsp3) is 0.538. The predicted octanol–water partition coefficient (Wildman–Crippen LogP) is 1.60. The quantitative estimate of drug-likeness (QED) is 0.843. The lowest BCUT2D eigenvalue weighted by Gasteiger charge is -2.28. The Balaban J connectivity index is 1.96. The number of nitrogens with two attached hydrogens (primary N) is 1. The summed E-state index contributed by atoms with van der Waals surface area (Å²) in [5.74, 6) is 1.34. The van der Waals surface area contributed by atoms with Crippen LogP contribution in [0.15, 0.2) is 24.3 Å². The molecule has 88 valence electrons. The second-order valence-corrected chi connectivity index (χ2v) is 4.34. The molecular weight excluding hydrogens is 202 g/mol. The van der Waals surface area contributed by atoms with Gasteiger partial charge < -0.3 is 15.2 Å². The SMILES string of the molecule is COc1ccc(CC2COCCC2N)cc1. The first-order chi connectivity index (χ1) is 7.79. The van der Waals surface area contributed by atoms with Crippen LogP contribution in [0, 0.1) is 5.92 Å². The molecule has 1 fully saturated rings. The van der Waals surface area contributed by atoms with Crippen molar-refractivity contribution in [3.05, 3.63) is 29.8 Å². The topological polar surface area (TPSA) is 44.5 Å². The number of hydrogen-bond donors (Lipinski definition) is 1. The summed E-state index contributed by atoms with van der Waals surface area (Å²) in [4.78, 5) is 0. The smallest absolute Gasteiger partial charge is 0.118 e. The molecule has 0 radical (unpaired) electrons. The second-order valence-electron chi connectivity index (χ2n) is 4.34. The molecule has 1 aliphatic rings. The van der Waals surface area contributed by atoms with E-state index in [1.807, 2.05) is 12.1 Å². The van der Waals surface area contributed by atoms with Gasteiger partial charge in [0.2, 0.25) is 0 Å². The molecular formula is C13H19NO2. The van der Waals surface area contributed by atoms with Crippen molar-refractivity contribution in [3.8, 4) is 5.75 Å². The molecule has 1 aromatic rings. The molecule has 0 saturated carbocycles. The summed E-state index contributed by atoms with van der Waals surface area (Å²) in [6, 6.07) is 8.45. The molecule has 0 spiro atoms. The van der Waals surface area contributed by atoms with E-state index in [9.17, 15) is 0 Å². The third-order valence-electron chi connectivity index (χ3n) is 3.19. The van der Waals surface area contributed by atoms with Gasteiger partial charge >= 0.3 is 0 Å². The van der Waals surface area contributed by atoms with Crippen LogP contribution >= 0.6 is 0 Å². The molecule has 2 atom stereocenters. The minimum absolute atomic E-state index is 0.274. The number of rotatable bonds is 3. The predicted molar refractivity (Wildman–Crippen MR) is 63.6 cm³/mol. The zero-order valence-corrected chi connectivity index (χ0v) is 9.69. The van der Waals surface area contributed by atoms with Crippen LogP contribution in [0.1, 0.15) is 12.0 Å². The fourth-order valence-corrected chi connectivity index (χ4v) is 2.09. The van der Waals surface area contributed by atoms with Crippen molar-refractivity contribution >= 4 is 0 Å². The average Bonchev–Trinajstić information content (AvgIpc) is 2.33. The number of benzene rings is 1. The Morgan fingerprint density at radius 3 is 2.75 bits per heavy atom. The monoisotopic (exact) mass is 221 g/mol. The molecule has 1 saturated heterocycles. The van der Waals surface area contributed by atoms with Crippen LogP contribution in [-0.2, 0) is 11.2 Å². The lowest BCUT2D eigenvalue weighted by atomic mass is 9.90. The van der Waals surface area contributed by atoms with Crippen LogP contribution in [0.2, 0.25) is 0 Å². The Bertz CT molecular complexity index is 323. The van der Waals surface area contributed by atoms with Gasteiger partial charge in [-0.25, -0.2) is 0 Å². The van der Waals surface area contributed by atoms with E-state index < -0.39 is 0 Å². The van der Waals surface area contributed by atoms with E-state index in [2.05, 4.69) is 12.1 Å². The van der Waals surface area contributed by atoms with Gasteiger partial charge in [0.1, 0.15) is 5.75 Å². The molecule has 0 aliphatic carbocycles. The first kappa shape index (κ1) is 11.4. The van der Waals surface area contributed by atoms with Crippen LogP contribution < -0.4 is 10.5 Å². The maximum absolute atomic E-state index is 6.08. The van der Waals surface area contributed by atoms with Gasteiger partial charge in [-0.15, -0.1) is 0 Å². The van der Waals surface area contributed by atoms with Gasteiger partial charge in [0, 0.05) is 18.6 Å². The van der Waals surface area contributed by atoms with Crippen molar-refractivity contribution in [1.82, 2.24) is 0 Å². The molecule has 1 aliphatic heterocycles. The molecule has 2 rings (SSSR count). The van der Waals surface area contributed by atoms with Gasteiger partial charge in [0.05, 0.1) is 13.7 Å². The van der Waals surface area contributed by atoms with Crippen LogP contribution in [0.5, 0.6) is 5.75 Å². The van der Waals surface area contributed by atoms with E-state index >= 15 is 0 Å². The van der Waals surface area contributed by atoms with E-state index in [4.69, 9.17) is 15.2 Å². The summed E-state index contributed by atoms with van der Waals surface area (Å²) in [5.41, 5.74) is 7.38. The Morgan fingerprint density at radius 2 is 2.12 bits per heavy atom. The highest BCUT2D eigenvalue weighted by molar-refractivity contribution is 5.27. The van der Waals surface area contributed by atoms with Crippen LogP contribution in [-0.4, -0.2) is 26.4 Å². The first-order valence-electron chi connectivity index (χ1n) is 5.76. The lowest BCUT2D eigenvalue weighted by molar-refractivity contribution is 0.0422. The Kier molecular flexibility index (Phi) is 3.80. The molecule has 0 amide bonds. The molecule has 2 unspecified atom stereocenters. The van der Waals surface area contributed by atoms with Gasteiger partial charge in [-0.05, 0) is 30.5 Å². The molecule has 16 heavy (non-hydrogen) atoms. The van der Waals surface area contributed by atoms with Crippen molar-refractivity contribution in [2.24, 2.45) is 11.7 Å². The summed E-state index contributed by atoms with van der Waals surface area (Å²) in [5, 5.41) is 0. The molecule has 3 nitrogen and oxygen atoms in total. The third kappa shape index (κ3) is 2.74. The van der Waals surface area contributed by atoms with E-state index in [0.29, 0.717) is 5.92 Å². The fourth-order valence-electron chi connectivity index (χ4n) is 2.09. The highest BCUT2D eigenvalue weighted by atomic mass is 16.5. The van der Waals surface area contributed by atoms with Crippen LogP contribution in [0.3, 0.4) is 0 Å². The van der Waals surface area contributed by atoms with Crippen molar-refractivity contribution in [2.75, 3.05) is 20.3 Å². The molecule has 0 bridgehead atoms. The standard InChI is InChI=1S/C13H19NO2/c1-15-12-4-2-10(3-5-12)8-11-9-16-7-6-13(11)14/h2-5,11,13H,6-9,14H2,1H3. The lowest BCUT2D eigenvalue weighted by Crippen LogP contribution is -2.39. The zero-order chi connectivity index (χ0) is 11.4. The number of ether oxygens (including phenoxy) is 2. The summed E-state index contributed by atoms with van der Waals surface area (Å²) in [7, 11) is 1.68. The average molecular weight is 221 g/mol. The molecule has 1 heterocycles. The van der Waals surface area contributed by atoms with Gasteiger partial charge in [-0.1, -0.05) is 12.1 Å². The highest BCUT2D eigenvalue weighted by Crippen LogP contribution is 2.20. The minimum atomic E-state index is 0.274. The summed E-state index contributed by atoms with van der Waals surface area (Å²) in [6.07, 6.45) is 1.96.